The van der Waals surface area contributed by atoms with Gasteiger partial charge < -0.3 is 15.0 Å². The van der Waals surface area contributed by atoms with Crippen molar-refractivity contribution in [1.29, 1.82) is 0 Å². The van der Waals surface area contributed by atoms with E-state index < -0.39 is 5.97 Å². The first kappa shape index (κ1) is 21.2. The number of fused-ring (bicyclic) bond motifs is 1. The lowest BCUT2D eigenvalue weighted by Gasteiger charge is -2.14. The van der Waals surface area contributed by atoms with E-state index in [1.807, 2.05) is 71.3 Å². The van der Waals surface area contributed by atoms with Gasteiger partial charge in [-0.2, -0.15) is 0 Å². The number of nitrogens with one attached hydrogen (secondary N) is 1. The normalized spacial score (nSPS) is 12.2. The summed E-state index contributed by atoms with van der Waals surface area (Å²) in [7, 11) is 0. The number of nitrogens with zero attached hydrogens (tertiary/aromatic N) is 1. The fraction of sp³-hybridized carbons (Fsp3) is 0.192. The molecule has 4 aromatic rings. The number of carboxylic acid groups (broad SMARTS) is 1. The Morgan fingerprint density at radius 3 is 2.39 bits per heavy atom. The Morgan fingerprint density at radius 2 is 1.68 bits per heavy atom. The number of benzene rings is 3. The zero-order chi connectivity index (χ0) is 21.8. The molecule has 1 atom stereocenters. The minimum absolute atomic E-state index is 0.330. The first-order chi connectivity index (χ1) is 15.0. The second kappa shape index (κ2) is 9.38. The second-order valence-electron chi connectivity index (χ2n) is 7.80. The molecule has 0 saturated heterocycles. The third-order valence-corrected chi connectivity index (χ3v) is 5.91. The molecule has 0 aliphatic heterocycles. The van der Waals surface area contributed by atoms with E-state index in [4.69, 9.17) is 11.6 Å². The van der Waals surface area contributed by atoms with Crippen molar-refractivity contribution in [2.24, 2.45) is 0 Å². The first-order valence-electron chi connectivity index (χ1n) is 10.4. The van der Waals surface area contributed by atoms with Gasteiger partial charge in [-0.05, 0) is 35.2 Å². The number of halogens is 1. The van der Waals surface area contributed by atoms with Crippen LogP contribution in [0.3, 0.4) is 0 Å². The van der Waals surface area contributed by atoms with Crippen LogP contribution in [0.15, 0.2) is 78.9 Å². The molecule has 0 unspecified atom stereocenters. The molecule has 0 amide bonds. The van der Waals surface area contributed by atoms with Crippen LogP contribution in [-0.4, -0.2) is 22.2 Å². The van der Waals surface area contributed by atoms with Crippen molar-refractivity contribution in [3.05, 3.63) is 106 Å². The average molecular weight is 433 g/mol. The summed E-state index contributed by atoms with van der Waals surface area (Å²) in [5.41, 5.74) is 4.33. The van der Waals surface area contributed by atoms with Gasteiger partial charge in [0.2, 0.25) is 0 Å². The predicted molar refractivity (Wildman–Crippen MR) is 126 cm³/mol. The standard InChI is InChI=1S/C26H25ClN2O2/c1-18(20-7-3-2-4-8-20)15-28-16-23-22-9-5-6-10-24(22)29(25(23)26(30)31)17-19-11-13-21(27)14-12-19/h2-14,18,28H,15-17H2,1H3,(H,30,31)/t18-/m1/s1. The molecule has 0 aliphatic carbocycles. The fourth-order valence-electron chi connectivity index (χ4n) is 4.05. The summed E-state index contributed by atoms with van der Waals surface area (Å²) in [6.07, 6.45) is 0. The number of rotatable bonds is 8. The zero-order valence-electron chi connectivity index (χ0n) is 17.4. The highest BCUT2D eigenvalue weighted by Crippen LogP contribution is 2.28. The topological polar surface area (TPSA) is 54.3 Å². The molecular formula is C26H25ClN2O2. The van der Waals surface area contributed by atoms with Crippen LogP contribution in [0.25, 0.3) is 10.9 Å². The Kier molecular flexibility index (Phi) is 6.40. The summed E-state index contributed by atoms with van der Waals surface area (Å²) in [4.78, 5) is 12.3. The van der Waals surface area contributed by atoms with Crippen molar-refractivity contribution in [1.82, 2.24) is 9.88 Å². The monoisotopic (exact) mass is 432 g/mol. The van der Waals surface area contributed by atoms with Crippen LogP contribution in [-0.2, 0) is 13.1 Å². The molecule has 1 aromatic heterocycles. The molecule has 2 N–H and O–H groups in total. The molecule has 0 bridgehead atoms. The van der Waals surface area contributed by atoms with Gasteiger partial charge in [0, 0.05) is 41.1 Å². The summed E-state index contributed by atoms with van der Waals surface area (Å²) in [6.45, 7) is 3.90. The van der Waals surface area contributed by atoms with E-state index in [9.17, 15) is 9.90 Å². The maximum Gasteiger partial charge on any atom is 0.352 e. The van der Waals surface area contributed by atoms with Gasteiger partial charge in [-0.3, -0.25) is 0 Å². The smallest absolute Gasteiger partial charge is 0.352 e. The quantitative estimate of drug-likeness (QED) is 0.362. The van der Waals surface area contributed by atoms with Gasteiger partial charge in [-0.15, -0.1) is 0 Å². The SMILES string of the molecule is C[C@H](CNCc1c(C(=O)O)n(Cc2ccc(Cl)cc2)c2ccccc12)c1ccccc1. The van der Waals surface area contributed by atoms with Gasteiger partial charge in [0.15, 0.2) is 0 Å². The number of carboxylic acids is 1. The summed E-state index contributed by atoms with van der Waals surface area (Å²) < 4.78 is 1.89. The van der Waals surface area contributed by atoms with Crippen LogP contribution in [0.1, 0.15) is 40.0 Å². The number of aromatic carboxylic acids is 1. The maximum atomic E-state index is 12.3. The van der Waals surface area contributed by atoms with E-state index in [1.165, 1.54) is 5.56 Å². The van der Waals surface area contributed by atoms with E-state index in [2.05, 4.69) is 24.4 Å². The zero-order valence-corrected chi connectivity index (χ0v) is 18.1. The van der Waals surface area contributed by atoms with Crippen molar-refractivity contribution >= 4 is 28.5 Å². The molecule has 0 saturated carbocycles. The van der Waals surface area contributed by atoms with Crippen molar-refractivity contribution in [3.63, 3.8) is 0 Å². The van der Waals surface area contributed by atoms with Gasteiger partial charge in [0.05, 0.1) is 0 Å². The lowest BCUT2D eigenvalue weighted by atomic mass is 10.0. The molecule has 4 rings (SSSR count). The molecule has 31 heavy (non-hydrogen) atoms. The highest BCUT2D eigenvalue weighted by atomic mass is 35.5. The Balaban J connectivity index is 1.64. The number of aromatic nitrogens is 1. The Labute approximate surface area is 187 Å². The molecule has 0 spiro atoms. The van der Waals surface area contributed by atoms with Crippen molar-refractivity contribution in [2.75, 3.05) is 6.54 Å². The van der Waals surface area contributed by atoms with Crippen LogP contribution >= 0.6 is 11.6 Å². The summed E-state index contributed by atoms with van der Waals surface area (Å²) in [5.74, 6) is -0.588. The number of hydrogen-bond donors (Lipinski definition) is 2. The van der Waals surface area contributed by atoms with Crippen LogP contribution in [0.4, 0.5) is 0 Å². The van der Waals surface area contributed by atoms with E-state index in [1.54, 1.807) is 0 Å². The third kappa shape index (κ3) is 4.66. The van der Waals surface area contributed by atoms with E-state index in [-0.39, 0.29) is 0 Å². The Bertz CT molecular complexity index is 1180. The van der Waals surface area contributed by atoms with Gasteiger partial charge >= 0.3 is 5.97 Å². The Morgan fingerprint density at radius 1 is 1.00 bits per heavy atom. The number of hydrogen-bond acceptors (Lipinski definition) is 2. The molecule has 0 radical (unpaired) electrons. The largest absolute Gasteiger partial charge is 0.477 e. The average Bonchev–Trinajstić information content (AvgIpc) is 3.09. The van der Waals surface area contributed by atoms with E-state index in [0.29, 0.717) is 29.7 Å². The molecule has 0 aliphatic rings. The molecule has 0 fully saturated rings. The molecule has 1 heterocycles. The van der Waals surface area contributed by atoms with Crippen LogP contribution in [0, 0.1) is 0 Å². The van der Waals surface area contributed by atoms with Crippen LogP contribution in [0.2, 0.25) is 5.02 Å². The molecule has 4 nitrogen and oxygen atoms in total. The maximum absolute atomic E-state index is 12.3. The summed E-state index contributed by atoms with van der Waals surface area (Å²) in [5, 5.41) is 15.2. The predicted octanol–water partition coefficient (Wildman–Crippen LogP) is 5.93. The van der Waals surface area contributed by atoms with Gasteiger partial charge in [-0.25, -0.2) is 4.79 Å². The second-order valence-corrected chi connectivity index (χ2v) is 8.24. The van der Waals surface area contributed by atoms with Crippen molar-refractivity contribution < 1.29 is 9.90 Å². The first-order valence-corrected chi connectivity index (χ1v) is 10.8. The van der Waals surface area contributed by atoms with Crippen LogP contribution in [0.5, 0.6) is 0 Å². The molecular weight excluding hydrogens is 408 g/mol. The fourth-order valence-corrected chi connectivity index (χ4v) is 4.17. The highest BCUT2D eigenvalue weighted by molar-refractivity contribution is 6.30. The van der Waals surface area contributed by atoms with Crippen molar-refractivity contribution in [2.45, 2.75) is 25.9 Å². The molecule has 3 aromatic carbocycles. The number of para-hydroxylation sites is 1. The lowest BCUT2D eigenvalue weighted by Crippen LogP contribution is -2.21. The van der Waals surface area contributed by atoms with Crippen molar-refractivity contribution in [3.8, 4) is 0 Å². The molecule has 5 heteroatoms. The number of carbonyl (C=O) groups is 1. The highest BCUT2D eigenvalue weighted by Gasteiger charge is 2.22. The van der Waals surface area contributed by atoms with Crippen LogP contribution < -0.4 is 5.32 Å². The van der Waals surface area contributed by atoms with E-state index in [0.717, 1.165) is 28.6 Å². The van der Waals surface area contributed by atoms with Gasteiger partial charge in [-0.1, -0.05) is 79.2 Å². The van der Waals surface area contributed by atoms with Gasteiger partial charge in [0.1, 0.15) is 5.69 Å². The summed E-state index contributed by atoms with van der Waals surface area (Å²) >= 11 is 6.01. The molecule has 158 valence electrons. The van der Waals surface area contributed by atoms with Gasteiger partial charge in [0.25, 0.3) is 0 Å². The minimum Gasteiger partial charge on any atom is -0.477 e. The summed E-state index contributed by atoms with van der Waals surface area (Å²) in [6, 6.07) is 25.7. The third-order valence-electron chi connectivity index (χ3n) is 5.65. The lowest BCUT2D eigenvalue weighted by molar-refractivity contribution is 0.0685. The van der Waals surface area contributed by atoms with E-state index >= 15 is 0 Å². The Hall–Kier alpha value is -3.08. The minimum atomic E-state index is -0.918.